The largest absolute Gasteiger partial charge is 0.454 e. The summed E-state index contributed by atoms with van der Waals surface area (Å²) in [6.45, 7) is 3.16. The molecule has 4 saturated carbocycles. The molecule has 5 nitrogen and oxygen atoms in total. The van der Waals surface area contributed by atoms with E-state index in [4.69, 9.17) is 14.5 Å². The van der Waals surface area contributed by atoms with Crippen LogP contribution in [0.3, 0.4) is 0 Å². The zero-order chi connectivity index (χ0) is 18.2. The van der Waals surface area contributed by atoms with Crippen LogP contribution in [0.1, 0.15) is 45.4 Å². The van der Waals surface area contributed by atoms with Crippen LogP contribution in [0.2, 0.25) is 0 Å². The van der Waals surface area contributed by atoms with Crippen LogP contribution in [-0.4, -0.2) is 17.3 Å². The van der Waals surface area contributed by atoms with Crippen molar-refractivity contribution < 1.29 is 14.3 Å². The number of aryl methyl sites for hydroxylation is 1. The highest BCUT2D eigenvalue weighted by atomic mass is 32.1. The summed E-state index contributed by atoms with van der Waals surface area (Å²) in [5.41, 5.74) is 0.897. The first-order valence-electron chi connectivity index (χ1n) is 10.2. The van der Waals surface area contributed by atoms with Crippen LogP contribution in [0, 0.1) is 23.2 Å². The number of fused-ring (bicyclic) bond motifs is 2. The number of benzene rings is 1. The van der Waals surface area contributed by atoms with E-state index in [1.54, 1.807) is 11.3 Å². The van der Waals surface area contributed by atoms with E-state index >= 15 is 0 Å². The molecule has 4 bridgehead atoms. The van der Waals surface area contributed by atoms with Crippen molar-refractivity contribution >= 4 is 27.5 Å². The minimum absolute atomic E-state index is 0.135. The van der Waals surface area contributed by atoms with Crippen LogP contribution in [0.5, 0.6) is 11.5 Å². The molecule has 2 aromatic rings. The van der Waals surface area contributed by atoms with Gasteiger partial charge in [-0.2, -0.15) is 4.99 Å². The maximum atomic E-state index is 13.4. The van der Waals surface area contributed by atoms with Crippen molar-refractivity contribution in [2.75, 3.05) is 6.79 Å². The fourth-order valence-electron chi connectivity index (χ4n) is 6.43. The number of carbonyl (C=O) groups is 1. The van der Waals surface area contributed by atoms with Crippen molar-refractivity contribution in [1.29, 1.82) is 0 Å². The Labute approximate surface area is 162 Å². The number of hydrogen-bond acceptors (Lipinski definition) is 4. The third-order valence-electron chi connectivity index (χ3n) is 7.18. The highest BCUT2D eigenvalue weighted by Gasteiger charge is 2.54. The van der Waals surface area contributed by atoms with Gasteiger partial charge in [0.05, 0.1) is 15.6 Å². The first-order valence-corrected chi connectivity index (χ1v) is 11.0. The predicted octanol–water partition coefficient (Wildman–Crippen LogP) is 4.10. The summed E-state index contributed by atoms with van der Waals surface area (Å²) in [4.78, 5) is 18.9. The van der Waals surface area contributed by atoms with Gasteiger partial charge in [0.25, 0.3) is 5.91 Å². The molecule has 0 spiro atoms. The fraction of sp³-hybridized carbons (Fsp3) is 0.619. The van der Waals surface area contributed by atoms with Gasteiger partial charge in [-0.15, -0.1) is 0 Å². The van der Waals surface area contributed by atoms with Crippen LogP contribution in [0.25, 0.3) is 10.2 Å². The SMILES string of the molecule is CCn1c(=NC(=O)C23CC4CC(CC(C4)C2)C3)sc2cc3c(cc21)OCO3. The Morgan fingerprint density at radius 3 is 2.41 bits per heavy atom. The second kappa shape index (κ2) is 5.60. The average molecular weight is 385 g/mol. The average Bonchev–Trinajstić information content (AvgIpc) is 3.21. The molecule has 5 aliphatic rings. The van der Waals surface area contributed by atoms with E-state index in [1.807, 2.05) is 12.1 Å². The standard InChI is InChI=1S/C21H24N2O3S/c1-2-23-15-6-16-17(26-11-25-16)7-18(15)27-20(23)22-19(24)21-8-12-3-13(9-21)5-14(4-12)10-21/h6-7,12-14H,2-5,8-11H2,1H3. The quantitative estimate of drug-likeness (QED) is 0.783. The van der Waals surface area contributed by atoms with Crippen molar-refractivity contribution in [3.8, 4) is 11.5 Å². The molecule has 0 atom stereocenters. The van der Waals surface area contributed by atoms with E-state index in [2.05, 4.69) is 11.5 Å². The molecule has 0 unspecified atom stereocenters. The van der Waals surface area contributed by atoms with Crippen molar-refractivity contribution in [1.82, 2.24) is 4.57 Å². The number of aromatic nitrogens is 1. The molecule has 27 heavy (non-hydrogen) atoms. The Kier molecular flexibility index (Phi) is 3.35. The number of hydrogen-bond donors (Lipinski definition) is 0. The zero-order valence-electron chi connectivity index (χ0n) is 15.6. The monoisotopic (exact) mass is 384 g/mol. The van der Waals surface area contributed by atoms with Crippen molar-refractivity contribution in [3.05, 3.63) is 16.9 Å². The molecule has 2 heterocycles. The van der Waals surface area contributed by atoms with Crippen molar-refractivity contribution in [3.63, 3.8) is 0 Å². The molecule has 4 aliphatic carbocycles. The third-order valence-corrected chi connectivity index (χ3v) is 8.22. The molecule has 4 fully saturated rings. The third kappa shape index (κ3) is 2.35. The van der Waals surface area contributed by atoms with Crippen LogP contribution in [0.4, 0.5) is 0 Å². The Morgan fingerprint density at radius 1 is 1.15 bits per heavy atom. The number of thiazole rings is 1. The predicted molar refractivity (Wildman–Crippen MR) is 103 cm³/mol. The smallest absolute Gasteiger partial charge is 0.254 e. The van der Waals surface area contributed by atoms with E-state index in [0.717, 1.165) is 70.1 Å². The normalized spacial score (nSPS) is 34.0. The van der Waals surface area contributed by atoms with Crippen LogP contribution in [-0.2, 0) is 11.3 Å². The number of carbonyl (C=O) groups excluding carboxylic acids is 1. The highest BCUT2D eigenvalue weighted by Crippen LogP contribution is 2.60. The molecule has 142 valence electrons. The number of rotatable bonds is 2. The van der Waals surface area contributed by atoms with Gasteiger partial charge in [-0.05, 0) is 63.2 Å². The van der Waals surface area contributed by atoms with Gasteiger partial charge in [0, 0.05) is 18.7 Å². The molecule has 6 heteroatoms. The molecule has 1 aromatic carbocycles. The molecule has 0 N–H and O–H groups in total. The van der Waals surface area contributed by atoms with Crippen molar-refractivity contribution in [2.24, 2.45) is 28.2 Å². The number of nitrogens with zero attached hydrogens (tertiary/aromatic N) is 2. The molecule has 7 rings (SSSR count). The van der Waals surface area contributed by atoms with Gasteiger partial charge in [0.15, 0.2) is 16.3 Å². The lowest BCUT2D eigenvalue weighted by atomic mass is 9.49. The van der Waals surface area contributed by atoms with Gasteiger partial charge < -0.3 is 14.0 Å². The Morgan fingerprint density at radius 2 is 1.78 bits per heavy atom. The first-order chi connectivity index (χ1) is 13.1. The minimum atomic E-state index is -0.176. The summed E-state index contributed by atoms with van der Waals surface area (Å²) in [6.07, 6.45) is 7.22. The summed E-state index contributed by atoms with van der Waals surface area (Å²) in [6, 6.07) is 4.04. The summed E-state index contributed by atoms with van der Waals surface area (Å²) in [7, 11) is 0. The molecule has 0 saturated heterocycles. The van der Waals surface area contributed by atoms with E-state index < -0.39 is 0 Å². The van der Waals surface area contributed by atoms with Gasteiger partial charge in [-0.25, -0.2) is 0 Å². The van der Waals surface area contributed by atoms with E-state index in [1.165, 1.54) is 19.3 Å². The Balaban J connectivity index is 1.44. The summed E-state index contributed by atoms with van der Waals surface area (Å²) in [5, 5.41) is 0. The maximum absolute atomic E-state index is 13.4. The fourth-order valence-corrected chi connectivity index (χ4v) is 7.53. The summed E-state index contributed by atoms with van der Waals surface area (Å²) >= 11 is 1.59. The lowest BCUT2D eigenvalue weighted by molar-refractivity contribution is -0.142. The maximum Gasteiger partial charge on any atom is 0.254 e. The Bertz CT molecular complexity index is 983. The van der Waals surface area contributed by atoms with Crippen LogP contribution in [0.15, 0.2) is 17.1 Å². The molecular formula is C21H24N2O3S. The van der Waals surface area contributed by atoms with E-state index in [0.29, 0.717) is 0 Å². The summed E-state index contributed by atoms with van der Waals surface area (Å²) in [5.74, 6) is 3.97. The topological polar surface area (TPSA) is 52.8 Å². The summed E-state index contributed by atoms with van der Waals surface area (Å²) < 4.78 is 14.3. The highest BCUT2D eigenvalue weighted by molar-refractivity contribution is 7.16. The molecule has 0 radical (unpaired) electrons. The van der Waals surface area contributed by atoms with Gasteiger partial charge in [0.2, 0.25) is 6.79 Å². The van der Waals surface area contributed by atoms with Crippen LogP contribution >= 0.6 is 11.3 Å². The number of ether oxygens (including phenoxy) is 2. The first kappa shape index (κ1) is 16.2. The lowest BCUT2D eigenvalue weighted by Crippen LogP contribution is -2.49. The van der Waals surface area contributed by atoms with Gasteiger partial charge in [-0.3, -0.25) is 4.79 Å². The van der Waals surface area contributed by atoms with E-state index in [9.17, 15) is 4.79 Å². The molecular weight excluding hydrogens is 360 g/mol. The second-order valence-corrected chi connectivity index (χ2v) is 9.93. The molecule has 1 aromatic heterocycles. The Hall–Kier alpha value is -1.82. The van der Waals surface area contributed by atoms with Gasteiger partial charge in [-0.1, -0.05) is 11.3 Å². The molecule has 1 amide bonds. The molecule has 1 aliphatic heterocycles. The number of amides is 1. The second-order valence-electron chi connectivity index (χ2n) is 8.92. The van der Waals surface area contributed by atoms with E-state index in [-0.39, 0.29) is 18.1 Å². The lowest BCUT2D eigenvalue weighted by Gasteiger charge is -2.55. The minimum Gasteiger partial charge on any atom is -0.454 e. The van der Waals surface area contributed by atoms with Gasteiger partial charge in [0.1, 0.15) is 0 Å². The van der Waals surface area contributed by atoms with Gasteiger partial charge >= 0.3 is 0 Å². The van der Waals surface area contributed by atoms with Crippen LogP contribution < -0.4 is 14.3 Å². The zero-order valence-corrected chi connectivity index (χ0v) is 16.4. The van der Waals surface area contributed by atoms with Crippen molar-refractivity contribution in [2.45, 2.75) is 52.0 Å².